The number of hydrogen-bond donors (Lipinski definition) is 1. The number of nitrogens with two attached hydrogens (primary N) is 1. The molecule has 0 atom stereocenters. The van der Waals surface area contributed by atoms with E-state index in [1.807, 2.05) is 18.7 Å². The van der Waals surface area contributed by atoms with Crippen LogP contribution >= 0.6 is 11.8 Å². The van der Waals surface area contributed by atoms with E-state index >= 15 is 0 Å². The zero-order chi connectivity index (χ0) is 11.5. The molecule has 0 saturated heterocycles. The van der Waals surface area contributed by atoms with Gasteiger partial charge in [-0.15, -0.1) is 11.8 Å². The molecule has 2 N–H and O–H groups in total. The van der Waals surface area contributed by atoms with Crippen LogP contribution in [-0.2, 0) is 6.42 Å². The topological polar surface area (TPSA) is 51.8 Å². The fraction of sp³-hybridized carbons (Fsp3) is 0.667. The van der Waals surface area contributed by atoms with E-state index in [0.717, 1.165) is 28.1 Å². The largest absolute Gasteiger partial charge is 0.383 e. The van der Waals surface area contributed by atoms with Crippen molar-refractivity contribution in [1.29, 1.82) is 0 Å². The molecular weight excluding hydrogens is 218 g/mol. The Balaban J connectivity index is 2.20. The number of aryl methyl sites for hydroxylation is 1. The molecule has 1 aromatic rings. The number of anilines is 1. The van der Waals surface area contributed by atoms with Crippen molar-refractivity contribution in [2.75, 3.05) is 5.73 Å². The molecule has 0 amide bonds. The monoisotopic (exact) mass is 237 g/mol. The van der Waals surface area contributed by atoms with E-state index < -0.39 is 0 Å². The lowest BCUT2D eigenvalue weighted by Gasteiger charge is -2.12. The highest BCUT2D eigenvalue weighted by Gasteiger charge is 2.19. The van der Waals surface area contributed by atoms with E-state index in [4.69, 9.17) is 5.73 Å². The zero-order valence-corrected chi connectivity index (χ0v) is 10.8. The molecule has 1 aliphatic rings. The second-order valence-electron chi connectivity index (χ2n) is 4.33. The highest BCUT2D eigenvalue weighted by atomic mass is 32.2. The van der Waals surface area contributed by atoms with Gasteiger partial charge in [0.05, 0.1) is 0 Å². The summed E-state index contributed by atoms with van der Waals surface area (Å²) < 4.78 is 0. The molecular formula is C12H19N3S. The van der Waals surface area contributed by atoms with E-state index in [0.29, 0.717) is 5.82 Å². The Morgan fingerprint density at radius 1 is 1.31 bits per heavy atom. The first-order valence-electron chi connectivity index (χ1n) is 6.00. The first kappa shape index (κ1) is 11.7. The number of nitrogens with zero attached hydrogens (tertiary/aromatic N) is 2. The maximum atomic E-state index is 5.91. The summed E-state index contributed by atoms with van der Waals surface area (Å²) in [6.07, 6.45) is 6.20. The van der Waals surface area contributed by atoms with E-state index in [9.17, 15) is 0 Å². The second kappa shape index (κ2) is 5.04. The summed E-state index contributed by atoms with van der Waals surface area (Å²) in [6.45, 7) is 4.08. The molecule has 4 heteroatoms. The van der Waals surface area contributed by atoms with Crippen LogP contribution < -0.4 is 5.73 Å². The summed E-state index contributed by atoms with van der Waals surface area (Å²) in [5.41, 5.74) is 6.96. The Labute approximate surface area is 101 Å². The molecule has 1 heterocycles. The Hall–Kier alpha value is -0.770. The van der Waals surface area contributed by atoms with Gasteiger partial charge in [0.15, 0.2) is 0 Å². The van der Waals surface area contributed by atoms with Crippen LogP contribution in [0.15, 0.2) is 5.03 Å². The lowest BCUT2D eigenvalue weighted by Crippen LogP contribution is -2.05. The van der Waals surface area contributed by atoms with Gasteiger partial charge in [-0.1, -0.05) is 19.8 Å². The molecule has 16 heavy (non-hydrogen) atoms. The lowest BCUT2D eigenvalue weighted by molar-refractivity contribution is 0.861. The van der Waals surface area contributed by atoms with Crippen molar-refractivity contribution in [2.24, 2.45) is 0 Å². The molecule has 1 saturated carbocycles. The van der Waals surface area contributed by atoms with E-state index in [1.165, 1.54) is 25.7 Å². The van der Waals surface area contributed by atoms with Gasteiger partial charge in [-0.3, -0.25) is 0 Å². The molecule has 0 unspecified atom stereocenters. The zero-order valence-electron chi connectivity index (χ0n) is 9.99. The van der Waals surface area contributed by atoms with Gasteiger partial charge in [0.1, 0.15) is 16.7 Å². The van der Waals surface area contributed by atoms with Crippen LogP contribution in [0.4, 0.5) is 5.82 Å². The van der Waals surface area contributed by atoms with Crippen LogP contribution in [-0.4, -0.2) is 15.2 Å². The quantitative estimate of drug-likeness (QED) is 0.821. The summed E-state index contributed by atoms with van der Waals surface area (Å²) in [5, 5.41) is 1.83. The van der Waals surface area contributed by atoms with Crippen molar-refractivity contribution >= 4 is 17.6 Å². The Morgan fingerprint density at radius 3 is 2.62 bits per heavy atom. The maximum absolute atomic E-state index is 5.91. The molecule has 0 radical (unpaired) electrons. The van der Waals surface area contributed by atoms with Gasteiger partial charge in [-0.2, -0.15) is 0 Å². The summed E-state index contributed by atoms with van der Waals surface area (Å²) in [4.78, 5) is 8.87. The second-order valence-corrected chi connectivity index (χ2v) is 5.62. The van der Waals surface area contributed by atoms with Gasteiger partial charge in [0, 0.05) is 17.2 Å². The highest BCUT2D eigenvalue weighted by Crippen LogP contribution is 2.35. The van der Waals surface area contributed by atoms with Crippen LogP contribution in [0.3, 0.4) is 0 Å². The van der Waals surface area contributed by atoms with Crippen molar-refractivity contribution in [2.45, 2.75) is 56.2 Å². The summed E-state index contributed by atoms with van der Waals surface area (Å²) in [6, 6.07) is 0. The SMILES string of the molecule is CCc1nc(N)c(C)c(SC2CCCC2)n1. The predicted octanol–water partition coefficient (Wildman–Crippen LogP) is 2.96. The minimum atomic E-state index is 0.646. The lowest BCUT2D eigenvalue weighted by atomic mass is 10.3. The van der Waals surface area contributed by atoms with Crippen LogP contribution in [0.25, 0.3) is 0 Å². The van der Waals surface area contributed by atoms with Crippen molar-refractivity contribution in [3.05, 3.63) is 11.4 Å². The Kier molecular flexibility index (Phi) is 3.69. The smallest absolute Gasteiger partial charge is 0.131 e. The standard InChI is InChI=1S/C12H19N3S/c1-3-10-14-11(13)8(2)12(15-10)16-9-6-4-5-7-9/h9H,3-7H2,1-2H3,(H2,13,14,15). The molecule has 0 aliphatic heterocycles. The maximum Gasteiger partial charge on any atom is 0.131 e. The number of aromatic nitrogens is 2. The minimum absolute atomic E-state index is 0.646. The number of nitrogen functional groups attached to an aromatic ring is 1. The van der Waals surface area contributed by atoms with Crippen LogP contribution in [0.2, 0.25) is 0 Å². The van der Waals surface area contributed by atoms with Crippen molar-refractivity contribution in [3.63, 3.8) is 0 Å². The van der Waals surface area contributed by atoms with E-state index in [-0.39, 0.29) is 0 Å². The average molecular weight is 237 g/mol. The minimum Gasteiger partial charge on any atom is -0.383 e. The summed E-state index contributed by atoms with van der Waals surface area (Å²) in [7, 11) is 0. The first-order valence-corrected chi connectivity index (χ1v) is 6.88. The molecule has 0 aromatic carbocycles. The van der Waals surface area contributed by atoms with Crippen molar-refractivity contribution < 1.29 is 0 Å². The Morgan fingerprint density at radius 2 is 2.00 bits per heavy atom. The van der Waals surface area contributed by atoms with Crippen molar-refractivity contribution in [3.8, 4) is 0 Å². The van der Waals surface area contributed by atoms with Gasteiger partial charge in [0.2, 0.25) is 0 Å². The van der Waals surface area contributed by atoms with E-state index in [1.54, 1.807) is 0 Å². The normalized spacial score (nSPS) is 16.9. The average Bonchev–Trinajstić information content (AvgIpc) is 2.77. The van der Waals surface area contributed by atoms with Crippen LogP contribution in [0, 0.1) is 6.92 Å². The summed E-state index contributed by atoms with van der Waals surface area (Å²) in [5.74, 6) is 1.51. The molecule has 0 bridgehead atoms. The third-order valence-electron chi connectivity index (χ3n) is 3.08. The third kappa shape index (κ3) is 2.48. The van der Waals surface area contributed by atoms with Crippen LogP contribution in [0.1, 0.15) is 44.0 Å². The predicted molar refractivity (Wildman–Crippen MR) is 68.7 cm³/mol. The molecule has 1 fully saturated rings. The third-order valence-corrected chi connectivity index (χ3v) is 4.51. The van der Waals surface area contributed by atoms with Gasteiger partial charge < -0.3 is 5.73 Å². The first-order chi connectivity index (χ1) is 7.70. The molecule has 88 valence electrons. The number of rotatable bonds is 3. The number of thioether (sulfide) groups is 1. The van der Waals surface area contributed by atoms with Crippen molar-refractivity contribution in [1.82, 2.24) is 9.97 Å². The van der Waals surface area contributed by atoms with Gasteiger partial charge >= 0.3 is 0 Å². The number of hydrogen-bond acceptors (Lipinski definition) is 4. The molecule has 3 nitrogen and oxygen atoms in total. The summed E-state index contributed by atoms with van der Waals surface area (Å²) >= 11 is 1.89. The van der Waals surface area contributed by atoms with Gasteiger partial charge in [-0.25, -0.2) is 9.97 Å². The fourth-order valence-electron chi connectivity index (χ4n) is 2.00. The molecule has 0 spiro atoms. The van der Waals surface area contributed by atoms with E-state index in [2.05, 4.69) is 16.9 Å². The fourth-order valence-corrected chi connectivity index (χ4v) is 3.32. The van der Waals surface area contributed by atoms with Crippen LogP contribution in [0.5, 0.6) is 0 Å². The molecule has 1 aromatic heterocycles. The Bertz CT molecular complexity index is 373. The van der Waals surface area contributed by atoms with Gasteiger partial charge in [-0.05, 0) is 19.8 Å². The molecule has 1 aliphatic carbocycles. The van der Waals surface area contributed by atoms with Gasteiger partial charge in [0.25, 0.3) is 0 Å². The highest BCUT2D eigenvalue weighted by molar-refractivity contribution is 7.99. The molecule has 2 rings (SSSR count).